The van der Waals surface area contributed by atoms with Gasteiger partial charge in [0, 0.05) is 15.2 Å². The van der Waals surface area contributed by atoms with Crippen LogP contribution in [0.25, 0.3) is 0 Å². The Morgan fingerprint density at radius 1 is 1.47 bits per heavy atom. The topological polar surface area (TPSA) is 58.6 Å². The van der Waals surface area contributed by atoms with Crippen molar-refractivity contribution in [3.05, 3.63) is 28.0 Å². The van der Waals surface area contributed by atoms with Gasteiger partial charge in [-0.05, 0) is 28.1 Å². The highest BCUT2D eigenvalue weighted by Gasteiger charge is 2.19. The molecular weight excluding hydrogens is 307 g/mol. The third-order valence-electron chi connectivity index (χ3n) is 1.85. The van der Waals surface area contributed by atoms with Gasteiger partial charge in [0.25, 0.3) is 0 Å². The summed E-state index contributed by atoms with van der Waals surface area (Å²) in [4.78, 5) is 0.527. The lowest BCUT2D eigenvalue weighted by Crippen LogP contribution is -2.15. The molecule has 94 valence electrons. The van der Waals surface area contributed by atoms with Crippen LogP contribution in [0.3, 0.4) is 0 Å². The summed E-state index contributed by atoms with van der Waals surface area (Å²) in [5, 5.41) is 11.4. The minimum absolute atomic E-state index is 0.0849. The van der Waals surface area contributed by atoms with Crippen molar-refractivity contribution in [3.63, 3.8) is 0 Å². The number of hydrogen-bond donors (Lipinski definition) is 2. The number of nitrogens with two attached hydrogens (primary N) is 1. The summed E-state index contributed by atoms with van der Waals surface area (Å²) in [6.45, 7) is 6.01. The smallest absolute Gasteiger partial charge is 0.171 e. The number of benzene rings is 1. The number of thioether (sulfide) groups is 1. The highest BCUT2D eigenvalue weighted by Crippen LogP contribution is 2.36. The van der Waals surface area contributed by atoms with Crippen LogP contribution in [0.15, 0.2) is 26.7 Å². The zero-order chi connectivity index (χ0) is 13.2. The maximum absolute atomic E-state index is 14.0. The van der Waals surface area contributed by atoms with Gasteiger partial charge in [-0.1, -0.05) is 25.9 Å². The monoisotopic (exact) mass is 320 g/mol. The second kappa shape index (κ2) is 5.27. The number of oxime groups is 1. The maximum Gasteiger partial charge on any atom is 0.171 e. The van der Waals surface area contributed by atoms with Gasteiger partial charge in [-0.3, -0.25) is 0 Å². The van der Waals surface area contributed by atoms with Crippen LogP contribution >= 0.6 is 27.7 Å². The van der Waals surface area contributed by atoms with E-state index in [1.165, 1.54) is 11.8 Å². The molecule has 0 saturated heterocycles. The summed E-state index contributed by atoms with van der Waals surface area (Å²) in [7, 11) is 0. The van der Waals surface area contributed by atoms with Crippen molar-refractivity contribution in [3.8, 4) is 0 Å². The molecule has 0 heterocycles. The van der Waals surface area contributed by atoms with Crippen LogP contribution in [0.1, 0.15) is 26.3 Å². The molecule has 0 aliphatic heterocycles. The summed E-state index contributed by atoms with van der Waals surface area (Å²) >= 11 is 4.54. The Balaban J connectivity index is 3.20. The maximum atomic E-state index is 14.0. The summed E-state index contributed by atoms with van der Waals surface area (Å²) in [6, 6.07) is 3.25. The van der Waals surface area contributed by atoms with Crippen molar-refractivity contribution in [1.82, 2.24) is 0 Å². The predicted octanol–water partition coefficient (Wildman–Crippen LogP) is 3.57. The third kappa shape index (κ3) is 3.61. The van der Waals surface area contributed by atoms with E-state index in [1.807, 2.05) is 20.8 Å². The molecule has 0 radical (unpaired) electrons. The normalized spacial score (nSPS) is 12.9. The molecule has 3 nitrogen and oxygen atoms in total. The van der Waals surface area contributed by atoms with Gasteiger partial charge in [0.2, 0.25) is 0 Å². The first-order valence-corrected chi connectivity index (χ1v) is 6.52. The molecule has 0 amide bonds. The van der Waals surface area contributed by atoms with E-state index in [0.29, 0.717) is 10.5 Å². The molecule has 0 atom stereocenters. The lowest BCUT2D eigenvalue weighted by Gasteiger charge is -2.18. The fourth-order valence-electron chi connectivity index (χ4n) is 1.19. The van der Waals surface area contributed by atoms with Crippen molar-refractivity contribution in [2.45, 2.75) is 30.4 Å². The van der Waals surface area contributed by atoms with E-state index in [-0.39, 0.29) is 15.1 Å². The van der Waals surface area contributed by atoms with E-state index >= 15 is 0 Å². The number of nitrogens with zero attached hydrogens (tertiary/aromatic N) is 1. The zero-order valence-corrected chi connectivity index (χ0v) is 12.2. The highest BCUT2D eigenvalue weighted by molar-refractivity contribution is 9.10. The Kier molecular flexibility index (Phi) is 4.43. The van der Waals surface area contributed by atoms with E-state index in [9.17, 15) is 4.39 Å². The molecule has 3 N–H and O–H groups in total. The second-order valence-corrected chi connectivity index (χ2v) is 7.10. The molecule has 1 aromatic carbocycles. The van der Waals surface area contributed by atoms with Gasteiger partial charge < -0.3 is 10.9 Å². The number of rotatable bonds is 2. The molecule has 0 aliphatic rings. The van der Waals surface area contributed by atoms with Crippen LogP contribution in [-0.4, -0.2) is 15.8 Å². The fraction of sp³-hybridized carbons (Fsp3) is 0.364. The van der Waals surface area contributed by atoms with Crippen molar-refractivity contribution in [2.75, 3.05) is 0 Å². The van der Waals surface area contributed by atoms with Crippen molar-refractivity contribution in [1.29, 1.82) is 0 Å². The zero-order valence-electron chi connectivity index (χ0n) is 9.79. The minimum atomic E-state index is -0.394. The largest absolute Gasteiger partial charge is 0.409 e. The van der Waals surface area contributed by atoms with E-state index in [1.54, 1.807) is 12.1 Å². The van der Waals surface area contributed by atoms with Crippen LogP contribution in [0, 0.1) is 5.82 Å². The average molecular weight is 321 g/mol. The molecular formula is C11H14BrFN2OS. The molecule has 0 aliphatic carbocycles. The van der Waals surface area contributed by atoms with Gasteiger partial charge in [0.1, 0.15) is 0 Å². The first-order chi connectivity index (χ1) is 7.76. The lowest BCUT2D eigenvalue weighted by atomic mass is 10.2. The highest BCUT2D eigenvalue weighted by atomic mass is 79.9. The minimum Gasteiger partial charge on any atom is -0.409 e. The van der Waals surface area contributed by atoms with Crippen LogP contribution < -0.4 is 5.73 Å². The van der Waals surface area contributed by atoms with E-state index in [2.05, 4.69) is 21.1 Å². The third-order valence-corrected chi connectivity index (χ3v) is 3.77. The van der Waals surface area contributed by atoms with Crippen molar-refractivity contribution < 1.29 is 9.60 Å². The summed E-state index contributed by atoms with van der Waals surface area (Å²) < 4.78 is 14.2. The van der Waals surface area contributed by atoms with Crippen molar-refractivity contribution >= 4 is 33.5 Å². The predicted molar refractivity (Wildman–Crippen MR) is 72.2 cm³/mol. The van der Waals surface area contributed by atoms with Gasteiger partial charge >= 0.3 is 0 Å². The number of amidine groups is 1. The van der Waals surface area contributed by atoms with Crippen LogP contribution in [0.2, 0.25) is 0 Å². The van der Waals surface area contributed by atoms with Crippen molar-refractivity contribution in [2.24, 2.45) is 10.9 Å². The molecule has 17 heavy (non-hydrogen) atoms. The van der Waals surface area contributed by atoms with Gasteiger partial charge in [0.05, 0.1) is 4.47 Å². The van der Waals surface area contributed by atoms with Gasteiger partial charge in [-0.2, -0.15) is 0 Å². The first kappa shape index (κ1) is 14.3. The average Bonchev–Trinajstić information content (AvgIpc) is 2.22. The van der Waals surface area contributed by atoms with Crippen LogP contribution in [0.4, 0.5) is 4.39 Å². The van der Waals surface area contributed by atoms with E-state index < -0.39 is 5.82 Å². The molecule has 0 aromatic heterocycles. The molecule has 0 unspecified atom stereocenters. The first-order valence-electron chi connectivity index (χ1n) is 4.91. The Labute approximate surface area is 112 Å². The molecule has 1 rings (SSSR count). The summed E-state index contributed by atoms with van der Waals surface area (Å²) in [6.07, 6.45) is 0. The molecule has 0 saturated carbocycles. The van der Waals surface area contributed by atoms with E-state index in [0.717, 1.165) is 0 Å². The van der Waals surface area contributed by atoms with Crippen LogP contribution in [0.5, 0.6) is 0 Å². The Morgan fingerprint density at radius 2 is 2.06 bits per heavy atom. The van der Waals surface area contributed by atoms with Gasteiger partial charge in [0.15, 0.2) is 11.7 Å². The second-order valence-electron chi connectivity index (χ2n) is 4.44. The molecule has 1 aromatic rings. The van der Waals surface area contributed by atoms with Gasteiger partial charge in [-0.25, -0.2) is 4.39 Å². The van der Waals surface area contributed by atoms with Gasteiger partial charge in [-0.15, -0.1) is 11.8 Å². The number of hydrogen-bond acceptors (Lipinski definition) is 3. The Morgan fingerprint density at radius 3 is 2.53 bits per heavy atom. The Bertz CT molecular complexity index is 458. The summed E-state index contributed by atoms with van der Waals surface area (Å²) in [5.41, 5.74) is 5.77. The fourth-order valence-corrected chi connectivity index (χ4v) is 2.86. The molecule has 0 bridgehead atoms. The number of halogens is 2. The Hall–Kier alpha value is -0.750. The molecule has 6 heteroatoms. The van der Waals surface area contributed by atoms with Crippen LogP contribution in [-0.2, 0) is 0 Å². The molecule has 0 spiro atoms. The lowest BCUT2D eigenvalue weighted by molar-refractivity contribution is 0.318. The molecule has 0 fully saturated rings. The van der Waals surface area contributed by atoms with E-state index in [4.69, 9.17) is 10.9 Å². The SMILES string of the molecule is CC(C)(C)Sc1ccc(/C(N)=N/O)c(Br)c1F. The standard InChI is InChI=1S/C11H14BrFN2OS/c1-11(2,3)17-7-5-4-6(10(14)15-16)8(12)9(7)13/h4-5,16H,1-3H3,(H2,14,15). The summed E-state index contributed by atoms with van der Waals surface area (Å²) in [5.74, 6) is -0.517. The quantitative estimate of drug-likeness (QED) is 0.288.